The lowest BCUT2D eigenvalue weighted by Gasteiger charge is -2.35. The molecule has 1 aromatic carbocycles. The van der Waals surface area contributed by atoms with Gasteiger partial charge in [0.2, 0.25) is 10.0 Å². The van der Waals surface area contributed by atoms with E-state index in [2.05, 4.69) is 19.9 Å². The second-order valence-electron chi connectivity index (χ2n) is 7.72. The summed E-state index contributed by atoms with van der Waals surface area (Å²) in [5, 5.41) is 0. The molecule has 0 N–H and O–H groups in total. The maximum Gasteiger partial charge on any atom is 0.243 e. The number of imidazole rings is 1. The van der Waals surface area contributed by atoms with Gasteiger partial charge in [-0.05, 0) is 38.8 Å². The lowest BCUT2D eigenvalue weighted by Crippen LogP contribution is -2.49. The lowest BCUT2D eigenvalue weighted by molar-refractivity contribution is 0.383. The van der Waals surface area contributed by atoms with E-state index < -0.39 is 10.0 Å². The molecule has 1 fully saturated rings. The van der Waals surface area contributed by atoms with E-state index in [1.807, 2.05) is 56.7 Å². The SMILES string of the molecule is Cc1cc(C)c(S(=O)(=O)N2CCN(c3cc(-n4ccnc4)nc(C)n3)CC2)c(C)c1. The quantitative estimate of drug-likeness (QED) is 0.637. The summed E-state index contributed by atoms with van der Waals surface area (Å²) in [7, 11) is -3.54. The Balaban J connectivity index is 1.55. The molecule has 0 spiro atoms. The molecular weight excluding hydrogens is 400 g/mol. The number of piperazine rings is 1. The van der Waals surface area contributed by atoms with E-state index in [1.165, 1.54) is 0 Å². The zero-order valence-corrected chi connectivity index (χ0v) is 18.5. The normalized spacial score (nSPS) is 15.5. The average Bonchev–Trinajstić information content (AvgIpc) is 3.21. The van der Waals surface area contributed by atoms with Gasteiger partial charge in [-0.15, -0.1) is 0 Å². The van der Waals surface area contributed by atoms with Gasteiger partial charge in [-0.2, -0.15) is 4.31 Å². The number of aromatic nitrogens is 4. The van der Waals surface area contributed by atoms with Gasteiger partial charge >= 0.3 is 0 Å². The van der Waals surface area contributed by atoms with Gasteiger partial charge in [-0.3, -0.25) is 4.57 Å². The van der Waals surface area contributed by atoms with Gasteiger partial charge in [-0.25, -0.2) is 23.4 Å². The van der Waals surface area contributed by atoms with Gasteiger partial charge in [0, 0.05) is 44.6 Å². The van der Waals surface area contributed by atoms with Crippen LogP contribution in [0.4, 0.5) is 5.82 Å². The molecule has 0 radical (unpaired) electrons. The van der Waals surface area contributed by atoms with Crippen LogP contribution in [-0.4, -0.2) is 58.4 Å². The van der Waals surface area contributed by atoms with Crippen LogP contribution < -0.4 is 4.90 Å². The summed E-state index contributed by atoms with van der Waals surface area (Å²) >= 11 is 0. The van der Waals surface area contributed by atoms with Crippen LogP contribution in [0.15, 0.2) is 41.8 Å². The van der Waals surface area contributed by atoms with E-state index in [0.717, 1.165) is 28.3 Å². The molecule has 3 heterocycles. The van der Waals surface area contributed by atoms with Crippen molar-refractivity contribution in [3.8, 4) is 5.82 Å². The minimum absolute atomic E-state index is 0.415. The molecule has 0 unspecified atom stereocenters. The number of sulfonamides is 1. The highest BCUT2D eigenvalue weighted by Gasteiger charge is 2.31. The summed E-state index contributed by atoms with van der Waals surface area (Å²) in [6, 6.07) is 5.77. The van der Waals surface area contributed by atoms with Gasteiger partial charge in [0.05, 0.1) is 4.90 Å². The zero-order valence-electron chi connectivity index (χ0n) is 17.7. The number of hydrogen-bond acceptors (Lipinski definition) is 6. The molecule has 1 aliphatic rings. The highest BCUT2D eigenvalue weighted by Crippen LogP contribution is 2.27. The van der Waals surface area contributed by atoms with Crippen molar-refractivity contribution in [3.63, 3.8) is 0 Å². The van der Waals surface area contributed by atoms with E-state index in [1.54, 1.807) is 16.8 Å². The number of nitrogens with zero attached hydrogens (tertiary/aromatic N) is 6. The topological polar surface area (TPSA) is 84.2 Å². The third kappa shape index (κ3) is 3.82. The zero-order chi connectivity index (χ0) is 21.5. The van der Waals surface area contributed by atoms with Crippen LogP contribution >= 0.6 is 0 Å². The van der Waals surface area contributed by atoms with Crippen molar-refractivity contribution in [2.75, 3.05) is 31.1 Å². The molecule has 30 heavy (non-hydrogen) atoms. The van der Waals surface area contributed by atoms with Crippen LogP contribution in [0.3, 0.4) is 0 Å². The average molecular weight is 427 g/mol. The largest absolute Gasteiger partial charge is 0.354 e. The maximum absolute atomic E-state index is 13.3. The molecule has 0 amide bonds. The molecule has 0 aliphatic carbocycles. The molecule has 0 saturated carbocycles. The van der Waals surface area contributed by atoms with Crippen molar-refractivity contribution >= 4 is 15.8 Å². The molecule has 2 aromatic heterocycles. The summed E-state index contributed by atoms with van der Waals surface area (Å²) in [5.41, 5.74) is 2.67. The Morgan fingerprint density at radius 3 is 2.10 bits per heavy atom. The predicted molar refractivity (Wildman–Crippen MR) is 116 cm³/mol. The van der Waals surface area contributed by atoms with Gasteiger partial charge in [0.15, 0.2) is 0 Å². The van der Waals surface area contributed by atoms with Gasteiger partial charge in [0.1, 0.15) is 23.8 Å². The Morgan fingerprint density at radius 1 is 0.867 bits per heavy atom. The van der Waals surface area contributed by atoms with E-state index in [9.17, 15) is 8.42 Å². The number of aryl methyl sites for hydroxylation is 4. The van der Waals surface area contributed by atoms with Gasteiger partial charge in [-0.1, -0.05) is 17.7 Å². The van der Waals surface area contributed by atoms with E-state index in [0.29, 0.717) is 36.9 Å². The van der Waals surface area contributed by atoms with Crippen LogP contribution in [0, 0.1) is 27.7 Å². The first-order valence-electron chi connectivity index (χ1n) is 9.92. The number of benzene rings is 1. The van der Waals surface area contributed by atoms with Crippen molar-refractivity contribution in [2.45, 2.75) is 32.6 Å². The van der Waals surface area contributed by atoms with Crippen molar-refractivity contribution in [1.82, 2.24) is 23.8 Å². The predicted octanol–water partition coefficient (Wildman–Crippen LogP) is 2.41. The summed E-state index contributed by atoms with van der Waals surface area (Å²) in [6.07, 6.45) is 5.24. The standard InChI is InChI=1S/C21H26N6O2S/c1-15-11-16(2)21(17(3)12-15)30(28,29)27-9-7-25(8-10-27)19-13-20(24-18(4)23-19)26-6-5-22-14-26/h5-6,11-14H,7-10H2,1-4H3. The van der Waals surface area contributed by atoms with Crippen molar-refractivity contribution < 1.29 is 8.42 Å². The fourth-order valence-corrected chi connectivity index (χ4v) is 5.92. The summed E-state index contributed by atoms with van der Waals surface area (Å²) < 4.78 is 30.1. The molecular formula is C21H26N6O2S. The second-order valence-corrected chi connectivity index (χ2v) is 9.60. The third-order valence-corrected chi connectivity index (χ3v) is 7.55. The van der Waals surface area contributed by atoms with E-state index in [-0.39, 0.29) is 0 Å². The summed E-state index contributed by atoms with van der Waals surface area (Å²) in [4.78, 5) is 15.6. The van der Waals surface area contributed by atoms with E-state index in [4.69, 9.17) is 0 Å². The highest BCUT2D eigenvalue weighted by molar-refractivity contribution is 7.89. The van der Waals surface area contributed by atoms with Crippen LogP contribution in [0.2, 0.25) is 0 Å². The Bertz CT molecular complexity index is 1140. The first-order valence-corrected chi connectivity index (χ1v) is 11.4. The molecule has 3 aromatic rings. The van der Waals surface area contributed by atoms with Crippen molar-refractivity contribution in [2.24, 2.45) is 0 Å². The van der Waals surface area contributed by atoms with Crippen molar-refractivity contribution in [1.29, 1.82) is 0 Å². The minimum Gasteiger partial charge on any atom is -0.354 e. The Kier molecular flexibility index (Phi) is 5.33. The number of hydrogen-bond donors (Lipinski definition) is 0. The Morgan fingerprint density at radius 2 is 1.50 bits per heavy atom. The van der Waals surface area contributed by atoms with Crippen LogP contribution in [0.1, 0.15) is 22.5 Å². The molecule has 8 nitrogen and oxygen atoms in total. The van der Waals surface area contributed by atoms with Crippen LogP contribution in [0.5, 0.6) is 0 Å². The smallest absolute Gasteiger partial charge is 0.243 e. The Hall–Kier alpha value is -2.78. The molecule has 9 heteroatoms. The number of rotatable bonds is 4. The van der Waals surface area contributed by atoms with Crippen LogP contribution in [0.25, 0.3) is 5.82 Å². The fraction of sp³-hybridized carbons (Fsp3) is 0.381. The molecule has 1 aliphatic heterocycles. The molecule has 1 saturated heterocycles. The van der Waals surface area contributed by atoms with Gasteiger partial charge in [0.25, 0.3) is 0 Å². The first kappa shape index (κ1) is 20.5. The molecule has 0 atom stereocenters. The molecule has 0 bridgehead atoms. The monoisotopic (exact) mass is 426 g/mol. The molecule has 4 rings (SSSR count). The lowest BCUT2D eigenvalue weighted by atomic mass is 10.1. The highest BCUT2D eigenvalue weighted by atomic mass is 32.2. The van der Waals surface area contributed by atoms with Crippen molar-refractivity contribution in [3.05, 3.63) is 59.4 Å². The second kappa shape index (κ2) is 7.81. The Labute approximate surface area is 177 Å². The van der Waals surface area contributed by atoms with Crippen LogP contribution in [-0.2, 0) is 10.0 Å². The maximum atomic E-state index is 13.3. The summed E-state index contributed by atoms with van der Waals surface area (Å²) in [6.45, 7) is 9.54. The summed E-state index contributed by atoms with van der Waals surface area (Å²) in [5.74, 6) is 2.21. The molecule has 158 valence electrons. The van der Waals surface area contributed by atoms with Gasteiger partial charge < -0.3 is 4.90 Å². The first-order chi connectivity index (χ1) is 14.3. The third-order valence-electron chi connectivity index (χ3n) is 5.35. The number of anilines is 1. The fourth-order valence-electron chi connectivity index (χ4n) is 4.09. The minimum atomic E-state index is -3.54. The van der Waals surface area contributed by atoms with E-state index >= 15 is 0 Å².